The van der Waals surface area contributed by atoms with E-state index in [-0.39, 0.29) is 18.0 Å². The number of hydrogen-bond donors (Lipinski definition) is 0. The Morgan fingerprint density at radius 3 is 2.47 bits per heavy atom. The van der Waals surface area contributed by atoms with Gasteiger partial charge in [-0.05, 0) is 55.5 Å². The molecule has 2 aliphatic rings. The molecule has 1 aromatic heterocycles. The van der Waals surface area contributed by atoms with Crippen LogP contribution in [-0.2, 0) is 34.5 Å². The standard InChI is InChI=1S/C29H33N5O4/c1-32-26(19-34-16-15-33(27(34)20-35)18-21-7-4-3-5-8-21)28(30-31-32)22-11-13-24(14-12-22)38-25-10-6-9-23(17-25)29(36)37-2/h3-5,7-8,11-14,23,25H,6,9-10,15-19H2,1-2H3/t23-,25-/m0/s1. The highest BCUT2D eigenvalue weighted by molar-refractivity contribution is 5.72. The molecule has 1 aliphatic heterocycles. The fourth-order valence-corrected chi connectivity index (χ4v) is 5.37. The molecule has 0 unspecified atom stereocenters. The molecule has 0 bridgehead atoms. The lowest BCUT2D eigenvalue weighted by Crippen LogP contribution is -2.30. The number of methoxy groups -OCH3 is 1. The van der Waals surface area contributed by atoms with Gasteiger partial charge in [-0.15, -0.1) is 5.10 Å². The summed E-state index contributed by atoms with van der Waals surface area (Å²) in [5.41, 5.74) is 3.77. The summed E-state index contributed by atoms with van der Waals surface area (Å²) in [5.74, 6) is 3.22. The van der Waals surface area contributed by atoms with Gasteiger partial charge >= 0.3 is 5.97 Å². The molecule has 1 aliphatic carbocycles. The summed E-state index contributed by atoms with van der Waals surface area (Å²) in [6, 6.07) is 17.9. The van der Waals surface area contributed by atoms with E-state index in [9.17, 15) is 9.59 Å². The zero-order valence-electron chi connectivity index (χ0n) is 21.9. The van der Waals surface area contributed by atoms with Crippen molar-refractivity contribution in [1.29, 1.82) is 0 Å². The molecule has 0 N–H and O–H groups in total. The van der Waals surface area contributed by atoms with E-state index < -0.39 is 0 Å². The maximum Gasteiger partial charge on any atom is 0.308 e. The highest BCUT2D eigenvalue weighted by Crippen LogP contribution is 2.31. The lowest BCUT2D eigenvalue weighted by molar-refractivity contribution is -0.147. The minimum Gasteiger partial charge on any atom is -0.490 e. The van der Waals surface area contributed by atoms with Gasteiger partial charge in [0, 0.05) is 32.2 Å². The summed E-state index contributed by atoms with van der Waals surface area (Å²) in [4.78, 5) is 28.0. The van der Waals surface area contributed by atoms with Crippen LogP contribution in [0, 0.1) is 5.92 Å². The van der Waals surface area contributed by atoms with Crippen molar-refractivity contribution in [3.63, 3.8) is 0 Å². The van der Waals surface area contributed by atoms with Crippen LogP contribution in [0.1, 0.15) is 36.9 Å². The summed E-state index contributed by atoms with van der Waals surface area (Å²) in [6.07, 6.45) is 3.39. The molecule has 198 valence electrons. The Bertz CT molecular complexity index is 1300. The summed E-state index contributed by atoms with van der Waals surface area (Å²) in [5, 5.41) is 8.69. The quantitative estimate of drug-likeness (QED) is 0.332. The summed E-state index contributed by atoms with van der Waals surface area (Å²) in [7, 11) is 3.30. The molecule has 2 aromatic carbocycles. The fourth-order valence-electron chi connectivity index (χ4n) is 5.37. The molecule has 5 rings (SSSR count). The third-order valence-electron chi connectivity index (χ3n) is 7.42. The van der Waals surface area contributed by atoms with Crippen LogP contribution >= 0.6 is 0 Å². The molecule has 2 fully saturated rings. The summed E-state index contributed by atoms with van der Waals surface area (Å²) in [6.45, 7) is 2.65. The van der Waals surface area contributed by atoms with Crippen LogP contribution < -0.4 is 4.74 Å². The van der Waals surface area contributed by atoms with Crippen molar-refractivity contribution in [2.24, 2.45) is 13.0 Å². The Balaban J connectivity index is 1.26. The predicted octanol–water partition coefficient (Wildman–Crippen LogP) is 3.58. The smallest absolute Gasteiger partial charge is 0.308 e. The Hall–Kier alpha value is -4.10. The Labute approximate surface area is 222 Å². The number of ether oxygens (including phenoxy) is 2. The van der Waals surface area contributed by atoms with Gasteiger partial charge in [0.15, 0.2) is 11.8 Å². The van der Waals surface area contributed by atoms with E-state index in [0.29, 0.717) is 25.3 Å². The van der Waals surface area contributed by atoms with Crippen molar-refractivity contribution < 1.29 is 19.1 Å². The van der Waals surface area contributed by atoms with Gasteiger partial charge in [-0.1, -0.05) is 35.5 Å². The van der Waals surface area contributed by atoms with Crippen molar-refractivity contribution >= 4 is 11.9 Å². The third-order valence-corrected chi connectivity index (χ3v) is 7.42. The van der Waals surface area contributed by atoms with E-state index in [1.807, 2.05) is 54.4 Å². The number of nitrogens with zero attached hydrogens (tertiary/aromatic N) is 5. The van der Waals surface area contributed by atoms with Crippen LogP contribution in [0.3, 0.4) is 0 Å². The number of aromatic nitrogens is 3. The van der Waals surface area contributed by atoms with Crippen molar-refractivity contribution in [1.82, 2.24) is 24.8 Å². The zero-order valence-corrected chi connectivity index (χ0v) is 21.9. The molecule has 9 nitrogen and oxygen atoms in total. The Morgan fingerprint density at radius 2 is 1.76 bits per heavy atom. The van der Waals surface area contributed by atoms with Gasteiger partial charge in [0.1, 0.15) is 11.4 Å². The highest BCUT2D eigenvalue weighted by Gasteiger charge is 2.30. The van der Waals surface area contributed by atoms with Crippen molar-refractivity contribution in [3.05, 3.63) is 71.7 Å². The minimum absolute atomic E-state index is 0.00618. The van der Waals surface area contributed by atoms with Gasteiger partial charge in [0.05, 0.1) is 31.4 Å². The van der Waals surface area contributed by atoms with Crippen molar-refractivity contribution in [2.75, 3.05) is 20.2 Å². The lowest BCUT2D eigenvalue weighted by Gasteiger charge is -2.28. The second kappa shape index (κ2) is 11.5. The van der Waals surface area contributed by atoms with Crippen LogP contribution in [0.5, 0.6) is 5.75 Å². The Morgan fingerprint density at radius 1 is 1.03 bits per heavy atom. The first kappa shape index (κ1) is 25.5. The number of carbonyl (C=O) groups excluding carboxylic acids is 2. The number of aryl methyl sites for hydroxylation is 1. The van der Waals surface area contributed by atoms with Gasteiger partial charge in [-0.2, -0.15) is 0 Å². The molecule has 2 heterocycles. The van der Waals surface area contributed by atoms with Crippen molar-refractivity contribution in [2.45, 2.75) is 44.9 Å². The lowest BCUT2D eigenvalue weighted by atomic mass is 9.87. The normalized spacial score (nSPS) is 19.4. The molecule has 0 amide bonds. The molecule has 1 saturated heterocycles. The fraction of sp³-hybridized carbons (Fsp3) is 0.414. The molecule has 0 spiro atoms. The second-order valence-corrected chi connectivity index (χ2v) is 9.91. The molecule has 3 aromatic rings. The molecule has 1 saturated carbocycles. The summed E-state index contributed by atoms with van der Waals surface area (Å²) < 4.78 is 12.9. The molecule has 0 radical (unpaired) electrons. The van der Waals surface area contributed by atoms with E-state index in [2.05, 4.69) is 33.3 Å². The van der Waals surface area contributed by atoms with Gasteiger partial charge in [0.2, 0.25) is 0 Å². The van der Waals surface area contributed by atoms with Gasteiger partial charge in [0.25, 0.3) is 0 Å². The van der Waals surface area contributed by atoms with Crippen LogP contribution in [0.25, 0.3) is 11.3 Å². The maximum absolute atomic E-state index is 11.9. The molecular formula is C29H33N5O4. The number of benzene rings is 2. The van der Waals surface area contributed by atoms with Crippen LogP contribution in [0.4, 0.5) is 0 Å². The number of hydrogen-bond acceptors (Lipinski definition) is 8. The monoisotopic (exact) mass is 515 g/mol. The van der Waals surface area contributed by atoms with E-state index in [4.69, 9.17) is 9.47 Å². The van der Waals surface area contributed by atoms with Crippen LogP contribution in [0.15, 0.2) is 60.4 Å². The number of carbonyl (C=O) groups is 1. The van der Waals surface area contributed by atoms with Gasteiger partial charge in [-0.25, -0.2) is 9.48 Å². The van der Waals surface area contributed by atoms with Crippen LogP contribution in [0.2, 0.25) is 0 Å². The van der Waals surface area contributed by atoms with Gasteiger partial charge in [-0.3, -0.25) is 4.79 Å². The highest BCUT2D eigenvalue weighted by atomic mass is 16.5. The minimum atomic E-state index is -0.155. The average molecular weight is 516 g/mol. The predicted molar refractivity (Wildman–Crippen MR) is 141 cm³/mol. The number of rotatable bonds is 8. The van der Waals surface area contributed by atoms with E-state index in [1.54, 1.807) is 4.68 Å². The average Bonchev–Trinajstić information content (AvgIpc) is 3.51. The van der Waals surface area contributed by atoms with E-state index >= 15 is 0 Å². The van der Waals surface area contributed by atoms with E-state index in [1.165, 1.54) is 7.11 Å². The first-order valence-corrected chi connectivity index (χ1v) is 13.1. The first-order valence-electron chi connectivity index (χ1n) is 13.1. The van der Waals surface area contributed by atoms with Gasteiger partial charge < -0.3 is 19.3 Å². The first-order chi connectivity index (χ1) is 18.6. The van der Waals surface area contributed by atoms with E-state index in [0.717, 1.165) is 60.6 Å². The maximum atomic E-state index is 11.9. The second-order valence-electron chi connectivity index (χ2n) is 9.91. The zero-order chi connectivity index (χ0) is 26.5. The Kier molecular flexibility index (Phi) is 7.75. The summed E-state index contributed by atoms with van der Waals surface area (Å²) >= 11 is 0. The SMILES string of the molecule is COC(=O)[C@H]1CCC[C@H](Oc2ccc(-c3nnn(C)c3CN3CCN(Cc4ccccc4)C3=C=O)cc2)C1. The molecule has 38 heavy (non-hydrogen) atoms. The molecule has 2 atom stereocenters. The molecular weight excluding hydrogens is 482 g/mol. The number of esters is 1. The van der Waals surface area contributed by atoms with Crippen LogP contribution in [-0.4, -0.2) is 63.0 Å². The third kappa shape index (κ3) is 5.58. The largest absolute Gasteiger partial charge is 0.490 e. The molecule has 9 heteroatoms. The topological polar surface area (TPSA) is 89.8 Å². The van der Waals surface area contributed by atoms with Crippen molar-refractivity contribution in [3.8, 4) is 17.0 Å².